The number of hydrogen-bond acceptors (Lipinski definition) is 3. The second kappa shape index (κ2) is 11.0. The number of rotatable bonds is 11. The first-order valence-electron chi connectivity index (χ1n) is 7.13. The van der Waals surface area contributed by atoms with Gasteiger partial charge in [-0.25, -0.2) is 0 Å². The van der Waals surface area contributed by atoms with Crippen LogP contribution < -0.4 is 5.32 Å². The minimum atomic E-state index is 0.709. The molecule has 3 nitrogen and oxygen atoms in total. The van der Waals surface area contributed by atoms with Crippen LogP contribution in [0.2, 0.25) is 0 Å². The van der Waals surface area contributed by atoms with Gasteiger partial charge in [0.2, 0.25) is 0 Å². The third-order valence-corrected chi connectivity index (χ3v) is 3.27. The molecule has 1 N–H and O–H groups in total. The second-order valence-electron chi connectivity index (χ2n) is 5.38. The fourth-order valence-electron chi connectivity index (χ4n) is 1.90. The van der Waals surface area contributed by atoms with Crippen LogP contribution in [0.4, 0.5) is 0 Å². The van der Waals surface area contributed by atoms with Crippen LogP contribution in [0.15, 0.2) is 0 Å². The fourth-order valence-corrected chi connectivity index (χ4v) is 1.90. The summed E-state index contributed by atoms with van der Waals surface area (Å²) >= 11 is 0. The molecule has 0 spiro atoms. The van der Waals surface area contributed by atoms with Crippen molar-refractivity contribution in [2.45, 2.75) is 45.6 Å². The van der Waals surface area contributed by atoms with Crippen molar-refractivity contribution < 1.29 is 0 Å². The molecule has 0 radical (unpaired) electrons. The highest BCUT2D eigenvalue weighted by atomic mass is 15.1. The van der Waals surface area contributed by atoms with E-state index in [0.717, 1.165) is 6.54 Å². The summed E-state index contributed by atoms with van der Waals surface area (Å²) < 4.78 is 0. The van der Waals surface area contributed by atoms with Crippen molar-refractivity contribution in [3.63, 3.8) is 0 Å². The van der Waals surface area contributed by atoms with Crippen molar-refractivity contribution in [3.8, 4) is 0 Å². The van der Waals surface area contributed by atoms with Gasteiger partial charge in [-0.3, -0.25) is 0 Å². The van der Waals surface area contributed by atoms with E-state index in [1.807, 2.05) is 0 Å². The molecule has 3 heteroatoms. The van der Waals surface area contributed by atoms with Crippen LogP contribution in [0.25, 0.3) is 0 Å². The summed E-state index contributed by atoms with van der Waals surface area (Å²) in [4.78, 5) is 4.75. The molecule has 0 saturated carbocycles. The molecular weight excluding hydrogens is 210 g/mol. The Morgan fingerprint density at radius 2 is 1.71 bits per heavy atom. The summed E-state index contributed by atoms with van der Waals surface area (Å²) in [5, 5.41) is 3.46. The summed E-state index contributed by atoms with van der Waals surface area (Å²) in [6.07, 6.45) is 5.09. The summed E-state index contributed by atoms with van der Waals surface area (Å²) in [5.74, 6) is 0. The molecule has 0 fully saturated rings. The van der Waals surface area contributed by atoms with Gasteiger partial charge in [0.05, 0.1) is 0 Å². The van der Waals surface area contributed by atoms with Gasteiger partial charge in [0.25, 0.3) is 0 Å². The van der Waals surface area contributed by atoms with Gasteiger partial charge in [-0.2, -0.15) is 0 Å². The molecule has 0 saturated heterocycles. The van der Waals surface area contributed by atoms with E-state index >= 15 is 0 Å². The standard InChI is InChI=1S/C14H33N3/c1-6-10-15-11-7-9-14(2)17(5)13-8-12-16(3)4/h14-15H,6-13H2,1-5H3. The van der Waals surface area contributed by atoms with Gasteiger partial charge in [-0.1, -0.05) is 6.92 Å². The SMILES string of the molecule is CCCNCCCC(C)N(C)CCCN(C)C. The van der Waals surface area contributed by atoms with Gasteiger partial charge < -0.3 is 15.1 Å². The van der Waals surface area contributed by atoms with Crippen molar-refractivity contribution in [2.75, 3.05) is 47.3 Å². The predicted molar refractivity (Wildman–Crippen MR) is 77.7 cm³/mol. The Bertz CT molecular complexity index is 160. The molecule has 0 bridgehead atoms. The van der Waals surface area contributed by atoms with Crippen molar-refractivity contribution in [1.82, 2.24) is 15.1 Å². The summed E-state index contributed by atoms with van der Waals surface area (Å²) in [7, 11) is 6.53. The molecule has 0 aromatic rings. The molecule has 0 heterocycles. The number of hydrogen-bond donors (Lipinski definition) is 1. The molecule has 0 rings (SSSR count). The van der Waals surface area contributed by atoms with Gasteiger partial charge in [0.15, 0.2) is 0 Å². The highest BCUT2D eigenvalue weighted by Crippen LogP contribution is 2.04. The maximum absolute atomic E-state index is 3.46. The van der Waals surface area contributed by atoms with Crippen LogP contribution in [0.5, 0.6) is 0 Å². The maximum Gasteiger partial charge on any atom is 0.00643 e. The van der Waals surface area contributed by atoms with E-state index in [4.69, 9.17) is 0 Å². The number of nitrogens with zero attached hydrogens (tertiary/aromatic N) is 2. The molecule has 0 aliphatic rings. The number of nitrogens with one attached hydrogen (secondary N) is 1. The zero-order chi connectivity index (χ0) is 13.1. The Morgan fingerprint density at radius 1 is 1.00 bits per heavy atom. The lowest BCUT2D eigenvalue weighted by Crippen LogP contribution is -2.32. The largest absolute Gasteiger partial charge is 0.317 e. The Labute approximate surface area is 109 Å². The van der Waals surface area contributed by atoms with Crippen LogP contribution in [0.1, 0.15) is 39.5 Å². The first-order chi connectivity index (χ1) is 8.07. The molecule has 0 amide bonds. The van der Waals surface area contributed by atoms with E-state index in [9.17, 15) is 0 Å². The molecule has 0 aromatic heterocycles. The van der Waals surface area contributed by atoms with Crippen molar-refractivity contribution >= 4 is 0 Å². The van der Waals surface area contributed by atoms with Crippen molar-refractivity contribution in [3.05, 3.63) is 0 Å². The minimum Gasteiger partial charge on any atom is -0.317 e. The van der Waals surface area contributed by atoms with Crippen LogP contribution in [0, 0.1) is 0 Å². The normalized spacial score (nSPS) is 13.6. The topological polar surface area (TPSA) is 18.5 Å². The van der Waals surface area contributed by atoms with Gasteiger partial charge in [-0.05, 0) is 79.9 Å². The van der Waals surface area contributed by atoms with Crippen LogP contribution in [-0.2, 0) is 0 Å². The van der Waals surface area contributed by atoms with Gasteiger partial charge in [-0.15, -0.1) is 0 Å². The highest BCUT2D eigenvalue weighted by molar-refractivity contribution is 4.64. The predicted octanol–water partition coefficient (Wildman–Crippen LogP) is 2.04. The van der Waals surface area contributed by atoms with E-state index in [2.05, 4.69) is 50.1 Å². The van der Waals surface area contributed by atoms with Crippen molar-refractivity contribution in [2.24, 2.45) is 0 Å². The fraction of sp³-hybridized carbons (Fsp3) is 1.00. The Morgan fingerprint density at radius 3 is 2.29 bits per heavy atom. The quantitative estimate of drug-likeness (QED) is 0.560. The van der Waals surface area contributed by atoms with E-state index in [1.165, 1.54) is 45.3 Å². The smallest absolute Gasteiger partial charge is 0.00643 e. The van der Waals surface area contributed by atoms with Crippen molar-refractivity contribution in [1.29, 1.82) is 0 Å². The molecule has 0 aliphatic heterocycles. The lowest BCUT2D eigenvalue weighted by molar-refractivity contribution is 0.229. The zero-order valence-corrected chi connectivity index (χ0v) is 12.6. The van der Waals surface area contributed by atoms with E-state index < -0.39 is 0 Å². The maximum atomic E-state index is 3.46. The summed E-state index contributed by atoms with van der Waals surface area (Å²) in [5.41, 5.74) is 0. The lowest BCUT2D eigenvalue weighted by atomic mass is 10.1. The first-order valence-corrected chi connectivity index (χ1v) is 7.13. The van der Waals surface area contributed by atoms with E-state index in [0.29, 0.717) is 6.04 Å². The summed E-state index contributed by atoms with van der Waals surface area (Å²) in [6.45, 7) is 9.29. The average molecular weight is 243 g/mol. The lowest BCUT2D eigenvalue weighted by Gasteiger charge is -2.25. The minimum absolute atomic E-state index is 0.709. The first kappa shape index (κ1) is 16.9. The van der Waals surface area contributed by atoms with Crippen LogP contribution in [0.3, 0.4) is 0 Å². The third kappa shape index (κ3) is 10.7. The molecule has 0 aliphatic carbocycles. The summed E-state index contributed by atoms with van der Waals surface area (Å²) in [6, 6.07) is 0.709. The Hall–Kier alpha value is -0.120. The van der Waals surface area contributed by atoms with Gasteiger partial charge >= 0.3 is 0 Å². The van der Waals surface area contributed by atoms with E-state index in [1.54, 1.807) is 0 Å². The van der Waals surface area contributed by atoms with Crippen LogP contribution >= 0.6 is 0 Å². The van der Waals surface area contributed by atoms with Crippen LogP contribution in [-0.4, -0.2) is 63.2 Å². The Kier molecular flexibility index (Phi) is 10.9. The molecule has 0 aromatic carbocycles. The third-order valence-electron chi connectivity index (χ3n) is 3.27. The van der Waals surface area contributed by atoms with E-state index in [-0.39, 0.29) is 0 Å². The van der Waals surface area contributed by atoms with Gasteiger partial charge in [0.1, 0.15) is 0 Å². The average Bonchev–Trinajstić information content (AvgIpc) is 2.27. The molecule has 104 valence electrons. The molecular formula is C14H33N3. The second-order valence-corrected chi connectivity index (χ2v) is 5.38. The molecule has 17 heavy (non-hydrogen) atoms. The Balaban J connectivity index is 3.43. The molecule has 1 atom stereocenters. The molecule has 1 unspecified atom stereocenters. The monoisotopic (exact) mass is 243 g/mol. The van der Waals surface area contributed by atoms with Gasteiger partial charge in [0, 0.05) is 6.04 Å². The zero-order valence-electron chi connectivity index (χ0n) is 12.6. The highest BCUT2D eigenvalue weighted by Gasteiger charge is 2.08.